The Morgan fingerprint density at radius 3 is 2.27 bits per heavy atom. The Balaban J connectivity index is 1.57. The summed E-state index contributed by atoms with van der Waals surface area (Å²) in [6.07, 6.45) is 0.787. The molecule has 3 rings (SSSR count). The van der Waals surface area contributed by atoms with Crippen LogP contribution in [0.25, 0.3) is 0 Å². The molecule has 138 valence electrons. The molecule has 2 aromatic rings. The number of benzene rings is 2. The van der Waals surface area contributed by atoms with Crippen LogP contribution in [0.2, 0.25) is 0 Å². The van der Waals surface area contributed by atoms with E-state index in [1.54, 1.807) is 7.11 Å². The molecule has 1 heterocycles. The van der Waals surface area contributed by atoms with Crippen molar-refractivity contribution in [3.8, 4) is 5.75 Å². The summed E-state index contributed by atoms with van der Waals surface area (Å²) in [5, 5.41) is 2.95. The maximum Gasteiger partial charge on any atom is 0.228 e. The normalized spacial score (nSPS) is 19.9. The lowest BCUT2D eigenvalue weighted by molar-refractivity contribution is -0.115. The van der Waals surface area contributed by atoms with E-state index in [2.05, 4.69) is 24.1 Å². The van der Waals surface area contributed by atoms with Crippen LogP contribution in [0.15, 0.2) is 48.5 Å². The summed E-state index contributed by atoms with van der Waals surface area (Å²) >= 11 is 0. The first kappa shape index (κ1) is 18.3. The third kappa shape index (κ3) is 4.76. The Bertz CT molecular complexity index is 718. The monoisotopic (exact) mass is 354 g/mol. The van der Waals surface area contributed by atoms with Gasteiger partial charge < -0.3 is 19.7 Å². The predicted molar refractivity (Wildman–Crippen MR) is 104 cm³/mol. The van der Waals surface area contributed by atoms with Gasteiger partial charge in [-0.1, -0.05) is 12.1 Å². The van der Waals surface area contributed by atoms with Crippen LogP contribution >= 0.6 is 0 Å². The van der Waals surface area contributed by atoms with E-state index in [0.717, 1.165) is 35.8 Å². The zero-order valence-electron chi connectivity index (χ0n) is 15.6. The second-order valence-corrected chi connectivity index (χ2v) is 6.78. The lowest BCUT2D eigenvalue weighted by Crippen LogP contribution is -2.45. The largest absolute Gasteiger partial charge is 0.497 e. The Morgan fingerprint density at radius 1 is 1.08 bits per heavy atom. The van der Waals surface area contributed by atoms with E-state index in [9.17, 15) is 4.79 Å². The highest BCUT2D eigenvalue weighted by Gasteiger charge is 2.22. The topological polar surface area (TPSA) is 50.8 Å². The standard InChI is InChI=1S/C21H26N2O3/c1-15-13-23(14-16(2)26-15)19-8-6-18(7-9-19)22-21(24)12-17-4-10-20(25-3)11-5-17/h4-11,15-16H,12-14H2,1-3H3,(H,22,24). The molecule has 0 aromatic heterocycles. The van der Waals surface area contributed by atoms with Gasteiger partial charge in [-0.15, -0.1) is 0 Å². The molecule has 2 aromatic carbocycles. The zero-order chi connectivity index (χ0) is 18.5. The van der Waals surface area contributed by atoms with Gasteiger partial charge in [-0.25, -0.2) is 0 Å². The molecule has 0 aliphatic carbocycles. The van der Waals surface area contributed by atoms with Crippen molar-refractivity contribution in [3.05, 3.63) is 54.1 Å². The summed E-state index contributed by atoms with van der Waals surface area (Å²) in [4.78, 5) is 14.6. The lowest BCUT2D eigenvalue weighted by Gasteiger charge is -2.36. The minimum atomic E-state index is -0.0310. The van der Waals surface area contributed by atoms with Crippen LogP contribution in [0.4, 0.5) is 11.4 Å². The number of carbonyl (C=O) groups is 1. The summed E-state index contributed by atoms with van der Waals surface area (Å²) in [5.41, 5.74) is 2.91. The Kier molecular flexibility index (Phi) is 5.78. The maximum atomic E-state index is 12.2. The van der Waals surface area contributed by atoms with E-state index in [4.69, 9.17) is 9.47 Å². The molecule has 1 aliphatic rings. The Hall–Kier alpha value is -2.53. The van der Waals surface area contributed by atoms with Crippen LogP contribution in [0.5, 0.6) is 5.75 Å². The van der Waals surface area contributed by atoms with Gasteiger partial charge in [0.1, 0.15) is 5.75 Å². The third-order valence-corrected chi connectivity index (χ3v) is 4.46. The Labute approximate surface area is 154 Å². The first-order chi connectivity index (χ1) is 12.5. The second-order valence-electron chi connectivity index (χ2n) is 6.78. The summed E-state index contributed by atoms with van der Waals surface area (Å²) < 4.78 is 10.9. The number of carbonyl (C=O) groups excluding carboxylic acids is 1. The smallest absolute Gasteiger partial charge is 0.228 e. The minimum Gasteiger partial charge on any atom is -0.497 e. The van der Waals surface area contributed by atoms with Crippen molar-refractivity contribution in [1.82, 2.24) is 0 Å². The highest BCUT2D eigenvalue weighted by Crippen LogP contribution is 2.22. The van der Waals surface area contributed by atoms with Gasteiger partial charge in [-0.3, -0.25) is 4.79 Å². The van der Waals surface area contributed by atoms with Crippen LogP contribution in [0.1, 0.15) is 19.4 Å². The number of hydrogen-bond acceptors (Lipinski definition) is 4. The molecule has 0 saturated carbocycles. The van der Waals surface area contributed by atoms with Gasteiger partial charge in [0.25, 0.3) is 0 Å². The summed E-state index contributed by atoms with van der Waals surface area (Å²) in [7, 11) is 1.63. The van der Waals surface area contributed by atoms with Crippen LogP contribution < -0.4 is 15.0 Å². The van der Waals surface area contributed by atoms with Gasteiger partial charge in [0.15, 0.2) is 0 Å². The van der Waals surface area contributed by atoms with E-state index in [1.165, 1.54) is 0 Å². The van der Waals surface area contributed by atoms with Crippen molar-refractivity contribution < 1.29 is 14.3 Å². The number of nitrogens with zero attached hydrogens (tertiary/aromatic N) is 1. The van der Waals surface area contributed by atoms with E-state index in [-0.39, 0.29) is 18.1 Å². The van der Waals surface area contributed by atoms with Crippen molar-refractivity contribution in [2.75, 3.05) is 30.4 Å². The number of morpholine rings is 1. The molecular weight excluding hydrogens is 328 g/mol. The van der Waals surface area contributed by atoms with E-state index in [1.807, 2.05) is 48.5 Å². The third-order valence-electron chi connectivity index (χ3n) is 4.46. The number of rotatable bonds is 5. The summed E-state index contributed by atoms with van der Waals surface area (Å²) in [6, 6.07) is 15.5. The average molecular weight is 354 g/mol. The molecule has 5 nitrogen and oxygen atoms in total. The number of hydrogen-bond donors (Lipinski definition) is 1. The highest BCUT2D eigenvalue weighted by molar-refractivity contribution is 5.92. The molecule has 2 atom stereocenters. The van der Waals surface area contributed by atoms with E-state index < -0.39 is 0 Å². The number of methoxy groups -OCH3 is 1. The number of anilines is 2. The fourth-order valence-corrected chi connectivity index (χ4v) is 3.28. The van der Waals surface area contributed by atoms with Gasteiger partial charge in [0, 0.05) is 24.5 Å². The first-order valence-electron chi connectivity index (χ1n) is 8.97. The lowest BCUT2D eigenvalue weighted by atomic mass is 10.1. The zero-order valence-corrected chi connectivity index (χ0v) is 15.6. The quantitative estimate of drug-likeness (QED) is 0.893. The molecular formula is C21H26N2O3. The highest BCUT2D eigenvalue weighted by atomic mass is 16.5. The van der Waals surface area contributed by atoms with Crippen LogP contribution in [0.3, 0.4) is 0 Å². The maximum absolute atomic E-state index is 12.2. The summed E-state index contributed by atoms with van der Waals surface area (Å²) in [5.74, 6) is 0.757. The molecule has 26 heavy (non-hydrogen) atoms. The molecule has 1 saturated heterocycles. The molecule has 1 fully saturated rings. The Morgan fingerprint density at radius 2 is 1.69 bits per heavy atom. The van der Waals surface area contributed by atoms with Gasteiger partial charge in [0.2, 0.25) is 5.91 Å². The second kappa shape index (κ2) is 8.23. The van der Waals surface area contributed by atoms with Gasteiger partial charge in [-0.2, -0.15) is 0 Å². The molecule has 2 unspecified atom stereocenters. The minimum absolute atomic E-state index is 0.0310. The number of amides is 1. The SMILES string of the molecule is COc1ccc(CC(=O)Nc2ccc(N3CC(C)OC(C)C3)cc2)cc1. The van der Waals surface area contributed by atoms with Crippen molar-refractivity contribution in [1.29, 1.82) is 0 Å². The molecule has 1 amide bonds. The molecule has 0 radical (unpaired) electrons. The predicted octanol–water partition coefficient (Wildman–Crippen LogP) is 3.49. The summed E-state index contributed by atoms with van der Waals surface area (Å²) in [6.45, 7) is 5.95. The van der Waals surface area contributed by atoms with E-state index in [0.29, 0.717) is 6.42 Å². The first-order valence-corrected chi connectivity index (χ1v) is 8.97. The number of ether oxygens (including phenoxy) is 2. The van der Waals surface area contributed by atoms with Crippen LogP contribution in [0, 0.1) is 0 Å². The van der Waals surface area contributed by atoms with Crippen molar-refractivity contribution in [2.45, 2.75) is 32.5 Å². The van der Waals surface area contributed by atoms with Crippen molar-refractivity contribution >= 4 is 17.3 Å². The van der Waals surface area contributed by atoms with E-state index >= 15 is 0 Å². The van der Waals surface area contributed by atoms with Gasteiger partial charge >= 0.3 is 0 Å². The fourth-order valence-electron chi connectivity index (χ4n) is 3.28. The molecule has 1 N–H and O–H groups in total. The fraction of sp³-hybridized carbons (Fsp3) is 0.381. The van der Waals surface area contributed by atoms with Crippen molar-refractivity contribution in [3.63, 3.8) is 0 Å². The van der Waals surface area contributed by atoms with Gasteiger partial charge in [-0.05, 0) is 55.8 Å². The average Bonchev–Trinajstić information content (AvgIpc) is 2.62. The van der Waals surface area contributed by atoms with Crippen molar-refractivity contribution in [2.24, 2.45) is 0 Å². The molecule has 0 bridgehead atoms. The van der Waals surface area contributed by atoms with Gasteiger partial charge in [0.05, 0.1) is 25.7 Å². The molecule has 1 aliphatic heterocycles. The molecule has 5 heteroatoms. The number of nitrogens with one attached hydrogen (secondary N) is 1. The molecule has 0 spiro atoms. The van der Waals surface area contributed by atoms with Crippen LogP contribution in [-0.4, -0.2) is 38.3 Å². The van der Waals surface area contributed by atoms with Crippen LogP contribution in [-0.2, 0) is 16.0 Å².